The molecule has 134 valence electrons. The van der Waals surface area contributed by atoms with Crippen molar-refractivity contribution in [1.29, 1.82) is 0 Å². The zero-order valence-electron chi connectivity index (χ0n) is 14.4. The van der Waals surface area contributed by atoms with Gasteiger partial charge >= 0.3 is 0 Å². The Balaban J connectivity index is 2.04. The Hall–Kier alpha value is -2.16. The molecule has 3 heterocycles. The molecule has 1 aliphatic heterocycles. The summed E-state index contributed by atoms with van der Waals surface area (Å²) in [6, 6.07) is 1.85. The van der Waals surface area contributed by atoms with Crippen LogP contribution in [0.5, 0.6) is 0 Å². The van der Waals surface area contributed by atoms with Gasteiger partial charge in [-0.15, -0.1) is 5.10 Å². The van der Waals surface area contributed by atoms with Gasteiger partial charge in [0.05, 0.1) is 11.6 Å². The van der Waals surface area contributed by atoms with Crippen molar-refractivity contribution in [3.05, 3.63) is 24.2 Å². The molecule has 2 unspecified atom stereocenters. The summed E-state index contributed by atoms with van der Waals surface area (Å²) in [6.45, 7) is 4.91. The summed E-state index contributed by atoms with van der Waals surface area (Å²) in [4.78, 5) is 16.4. The van der Waals surface area contributed by atoms with Crippen LogP contribution in [0.3, 0.4) is 0 Å². The highest BCUT2D eigenvalue weighted by Crippen LogP contribution is 2.37. The van der Waals surface area contributed by atoms with Crippen LogP contribution in [0.2, 0.25) is 0 Å². The minimum absolute atomic E-state index is 0.109. The lowest BCUT2D eigenvalue weighted by Crippen LogP contribution is -2.48. The highest BCUT2D eigenvalue weighted by atomic mass is 16.7. The number of hydrogen-bond acceptors (Lipinski definition) is 8. The number of nitrogen functional groups attached to an aromatic ring is 1. The van der Waals surface area contributed by atoms with E-state index in [-0.39, 0.29) is 30.6 Å². The third-order valence-electron chi connectivity index (χ3n) is 4.57. The highest BCUT2D eigenvalue weighted by Gasteiger charge is 2.39. The standard InChI is InChI=1S/C17H23N5O3/c1-3-24-9-25-17-14(11(10(2)23)5-7-20-17)15-12-4-6-19-8-13(12)16(18)22-21-15/h4,6,8,11,14,17,20H,3,5,7,9H2,1-2H3,(H2,18,22)/t11?,14?,17-/m1/s1. The van der Waals surface area contributed by atoms with E-state index in [1.807, 2.05) is 13.0 Å². The summed E-state index contributed by atoms with van der Waals surface area (Å²) in [5.41, 5.74) is 6.63. The third kappa shape index (κ3) is 3.60. The second kappa shape index (κ2) is 7.81. The normalized spacial score (nSPS) is 23.7. The molecule has 3 atom stereocenters. The number of rotatable bonds is 6. The Morgan fingerprint density at radius 2 is 2.24 bits per heavy atom. The lowest BCUT2D eigenvalue weighted by atomic mass is 9.79. The van der Waals surface area contributed by atoms with Gasteiger partial charge in [0.25, 0.3) is 0 Å². The number of hydrogen-bond donors (Lipinski definition) is 2. The molecule has 0 aromatic carbocycles. The van der Waals surface area contributed by atoms with Crippen molar-refractivity contribution in [3.63, 3.8) is 0 Å². The SMILES string of the molecule is CCOCO[C@H]1NCCC(C(C)=O)C1c1nnc(N)c2cnccc12. The summed E-state index contributed by atoms with van der Waals surface area (Å²) in [5.74, 6) is -0.0500. The molecule has 3 N–H and O–H groups in total. The van der Waals surface area contributed by atoms with E-state index in [1.165, 1.54) is 0 Å². The fourth-order valence-corrected chi connectivity index (χ4v) is 3.34. The van der Waals surface area contributed by atoms with Crippen LogP contribution < -0.4 is 11.1 Å². The molecule has 1 fully saturated rings. The summed E-state index contributed by atoms with van der Waals surface area (Å²) in [7, 11) is 0. The van der Waals surface area contributed by atoms with Crippen molar-refractivity contribution in [2.45, 2.75) is 32.4 Å². The zero-order valence-corrected chi connectivity index (χ0v) is 14.4. The van der Waals surface area contributed by atoms with Gasteiger partial charge in [-0.2, -0.15) is 5.10 Å². The van der Waals surface area contributed by atoms with Gasteiger partial charge < -0.3 is 15.2 Å². The van der Waals surface area contributed by atoms with E-state index >= 15 is 0 Å². The van der Waals surface area contributed by atoms with Crippen LogP contribution in [0, 0.1) is 5.92 Å². The van der Waals surface area contributed by atoms with Gasteiger partial charge in [0.15, 0.2) is 5.82 Å². The van der Waals surface area contributed by atoms with Gasteiger partial charge in [-0.25, -0.2) is 0 Å². The molecule has 0 saturated carbocycles. The molecule has 0 bridgehead atoms. The lowest BCUT2D eigenvalue weighted by Gasteiger charge is -2.37. The zero-order chi connectivity index (χ0) is 17.8. The maximum absolute atomic E-state index is 12.3. The average Bonchev–Trinajstić information content (AvgIpc) is 2.62. The van der Waals surface area contributed by atoms with Crippen molar-refractivity contribution in [3.8, 4) is 0 Å². The smallest absolute Gasteiger partial charge is 0.155 e. The van der Waals surface area contributed by atoms with E-state index in [1.54, 1.807) is 19.3 Å². The van der Waals surface area contributed by atoms with E-state index in [4.69, 9.17) is 15.2 Å². The van der Waals surface area contributed by atoms with Crippen LogP contribution in [0.4, 0.5) is 5.82 Å². The number of fused-ring (bicyclic) bond motifs is 1. The fraction of sp³-hybridized carbons (Fsp3) is 0.529. The van der Waals surface area contributed by atoms with Gasteiger partial charge in [0, 0.05) is 35.7 Å². The lowest BCUT2D eigenvalue weighted by molar-refractivity contribution is -0.135. The number of carbonyl (C=O) groups excluding carboxylic acids is 1. The van der Waals surface area contributed by atoms with Crippen LogP contribution in [-0.2, 0) is 14.3 Å². The molecule has 25 heavy (non-hydrogen) atoms. The largest absolute Gasteiger partial charge is 0.382 e. The molecule has 0 amide bonds. The first-order valence-corrected chi connectivity index (χ1v) is 8.42. The molecule has 0 radical (unpaired) electrons. The fourth-order valence-electron chi connectivity index (χ4n) is 3.34. The Kier molecular flexibility index (Phi) is 5.52. The maximum atomic E-state index is 12.3. The molecule has 2 aromatic rings. The van der Waals surface area contributed by atoms with Gasteiger partial charge in [-0.3, -0.25) is 15.1 Å². The Morgan fingerprint density at radius 1 is 1.40 bits per heavy atom. The number of carbonyl (C=O) groups is 1. The van der Waals surface area contributed by atoms with Crippen LogP contribution in [-0.4, -0.2) is 47.1 Å². The van der Waals surface area contributed by atoms with Gasteiger partial charge in [-0.1, -0.05) is 0 Å². The van der Waals surface area contributed by atoms with Crippen molar-refractivity contribution < 1.29 is 14.3 Å². The summed E-state index contributed by atoms with van der Waals surface area (Å²) in [5, 5.41) is 13.3. The molecule has 0 aliphatic carbocycles. The summed E-state index contributed by atoms with van der Waals surface area (Å²) >= 11 is 0. The molecule has 1 aliphatic rings. The van der Waals surface area contributed by atoms with Gasteiger partial charge in [0.1, 0.15) is 18.8 Å². The quantitative estimate of drug-likeness (QED) is 0.594. The predicted octanol–water partition coefficient (Wildman–Crippen LogP) is 1.23. The van der Waals surface area contributed by atoms with Crippen LogP contribution in [0.1, 0.15) is 31.9 Å². The number of pyridine rings is 1. The van der Waals surface area contributed by atoms with Crippen LogP contribution in [0.15, 0.2) is 18.5 Å². The first-order chi connectivity index (χ1) is 12.1. The maximum Gasteiger partial charge on any atom is 0.155 e. The topological polar surface area (TPSA) is 112 Å². The van der Waals surface area contributed by atoms with Crippen molar-refractivity contribution in [2.24, 2.45) is 5.92 Å². The van der Waals surface area contributed by atoms with Gasteiger partial charge in [0.2, 0.25) is 0 Å². The molecular formula is C17H23N5O3. The molecular weight excluding hydrogens is 322 g/mol. The molecule has 1 saturated heterocycles. The number of nitrogens with zero attached hydrogens (tertiary/aromatic N) is 3. The van der Waals surface area contributed by atoms with E-state index in [0.29, 0.717) is 31.1 Å². The Labute approximate surface area is 146 Å². The monoisotopic (exact) mass is 345 g/mol. The number of piperidine rings is 1. The number of aromatic nitrogens is 3. The van der Waals surface area contributed by atoms with Crippen molar-refractivity contribution in [2.75, 3.05) is 25.7 Å². The number of ether oxygens (including phenoxy) is 2. The average molecular weight is 345 g/mol. The minimum atomic E-state index is -0.386. The van der Waals surface area contributed by atoms with E-state index in [0.717, 1.165) is 10.8 Å². The Morgan fingerprint density at radius 3 is 3.00 bits per heavy atom. The first-order valence-electron chi connectivity index (χ1n) is 8.42. The highest BCUT2D eigenvalue weighted by molar-refractivity contribution is 5.92. The van der Waals surface area contributed by atoms with Crippen molar-refractivity contribution >= 4 is 22.4 Å². The summed E-state index contributed by atoms with van der Waals surface area (Å²) in [6.07, 6.45) is 3.68. The van der Waals surface area contributed by atoms with Crippen molar-refractivity contribution in [1.82, 2.24) is 20.5 Å². The van der Waals surface area contributed by atoms with E-state index in [2.05, 4.69) is 20.5 Å². The van der Waals surface area contributed by atoms with Crippen LogP contribution in [0.25, 0.3) is 10.8 Å². The molecule has 3 rings (SSSR count). The molecule has 0 spiro atoms. The third-order valence-corrected chi connectivity index (χ3v) is 4.57. The predicted molar refractivity (Wildman–Crippen MR) is 92.6 cm³/mol. The molecule has 2 aromatic heterocycles. The number of anilines is 1. The number of ketones is 1. The summed E-state index contributed by atoms with van der Waals surface area (Å²) < 4.78 is 11.2. The Bertz CT molecular complexity index is 754. The van der Waals surface area contributed by atoms with E-state index in [9.17, 15) is 4.79 Å². The number of nitrogens with one attached hydrogen (secondary N) is 1. The second-order valence-electron chi connectivity index (χ2n) is 6.08. The first kappa shape index (κ1) is 17.7. The van der Waals surface area contributed by atoms with Gasteiger partial charge in [-0.05, 0) is 32.9 Å². The minimum Gasteiger partial charge on any atom is -0.382 e. The second-order valence-corrected chi connectivity index (χ2v) is 6.08. The van der Waals surface area contributed by atoms with E-state index < -0.39 is 0 Å². The van der Waals surface area contributed by atoms with Crippen LogP contribution >= 0.6 is 0 Å². The molecule has 8 nitrogen and oxygen atoms in total. The number of Topliss-reactive ketones (excluding diaryl/α,β-unsaturated/α-hetero) is 1. The number of nitrogens with two attached hydrogens (primary N) is 1. The molecule has 8 heteroatoms.